The van der Waals surface area contributed by atoms with Crippen LogP contribution < -0.4 is 0 Å². The molecule has 2 N–H and O–H groups in total. The van der Waals surface area contributed by atoms with Gasteiger partial charge in [0.25, 0.3) is 11.4 Å². The molecule has 0 saturated carbocycles. The number of benzene rings is 3. The lowest BCUT2D eigenvalue weighted by Crippen LogP contribution is -2.14. The van der Waals surface area contributed by atoms with Gasteiger partial charge in [0, 0.05) is 22.6 Å². The number of nitrogens with zero attached hydrogens (tertiary/aromatic N) is 2. The molecule has 10 nitrogen and oxygen atoms in total. The molecule has 186 valence electrons. The van der Waals surface area contributed by atoms with Crippen LogP contribution in [0.5, 0.6) is 0 Å². The van der Waals surface area contributed by atoms with Gasteiger partial charge < -0.3 is 10.2 Å². The fraction of sp³-hybridized carbons (Fsp3) is 0.167. The molecule has 0 aliphatic heterocycles. The van der Waals surface area contributed by atoms with E-state index in [1.807, 2.05) is 0 Å². The van der Waals surface area contributed by atoms with Gasteiger partial charge in [-0.2, -0.15) is 0 Å². The number of rotatable bonds is 10. The molecule has 0 aromatic heterocycles. The molecule has 2 unspecified atom stereocenters. The number of carboxylic acids is 2. The SMILES string of the molecule is CC(Sc1ccccc1[N+](=O)[O-])c1c(C(=O)O)ccc(C(=O)O)c1C(C)Sc1ccccc1[N+](=O)[O-]. The van der Waals surface area contributed by atoms with Gasteiger partial charge in [-0.15, -0.1) is 23.5 Å². The van der Waals surface area contributed by atoms with Crippen LogP contribution in [-0.4, -0.2) is 32.0 Å². The topological polar surface area (TPSA) is 161 Å². The first-order chi connectivity index (χ1) is 17.0. The van der Waals surface area contributed by atoms with Crippen molar-refractivity contribution in [2.75, 3.05) is 0 Å². The molecule has 0 spiro atoms. The number of carbonyl (C=O) groups is 2. The molecular formula is C24H20N2O8S2. The van der Waals surface area contributed by atoms with E-state index < -0.39 is 32.3 Å². The van der Waals surface area contributed by atoms with Crippen LogP contribution in [0.15, 0.2) is 70.5 Å². The van der Waals surface area contributed by atoms with E-state index >= 15 is 0 Å². The van der Waals surface area contributed by atoms with Crippen molar-refractivity contribution < 1.29 is 29.6 Å². The Bertz CT molecular complexity index is 1260. The van der Waals surface area contributed by atoms with Gasteiger partial charge in [-0.1, -0.05) is 24.3 Å². The minimum absolute atomic E-state index is 0.149. The van der Waals surface area contributed by atoms with E-state index in [4.69, 9.17) is 0 Å². The molecule has 3 aromatic rings. The molecular weight excluding hydrogens is 508 g/mol. The summed E-state index contributed by atoms with van der Waals surface area (Å²) in [5.74, 6) is -2.58. The fourth-order valence-corrected chi connectivity index (χ4v) is 6.15. The molecule has 0 amide bonds. The van der Waals surface area contributed by atoms with E-state index in [1.54, 1.807) is 26.0 Å². The Hall–Kier alpha value is -3.90. The summed E-state index contributed by atoms with van der Waals surface area (Å²) in [7, 11) is 0. The lowest BCUT2D eigenvalue weighted by atomic mass is 9.92. The largest absolute Gasteiger partial charge is 0.478 e. The minimum atomic E-state index is -1.29. The number of hydrogen-bond donors (Lipinski definition) is 2. The summed E-state index contributed by atoms with van der Waals surface area (Å²) in [5, 5.41) is 41.4. The van der Waals surface area contributed by atoms with Crippen LogP contribution in [0.2, 0.25) is 0 Å². The predicted molar refractivity (Wildman–Crippen MR) is 135 cm³/mol. The van der Waals surface area contributed by atoms with Gasteiger partial charge in [0.05, 0.1) is 30.8 Å². The van der Waals surface area contributed by atoms with Gasteiger partial charge in [0.2, 0.25) is 0 Å². The molecule has 0 heterocycles. The summed E-state index contributed by atoms with van der Waals surface area (Å²) in [6.45, 7) is 3.28. The van der Waals surface area contributed by atoms with E-state index in [2.05, 4.69) is 0 Å². The van der Waals surface area contributed by atoms with E-state index in [0.29, 0.717) is 0 Å². The Morgan fingerprint density at radius 1 is 0.694 bits per heavy atom. The summed E-state index contributed by atoms with van der Waals surface area (Å²) in [6.07, 6.45) is 0. The van der Waals surface area contributed by atoms with Crippen molar-refractivity contribution >= 4 is 46.8 Å². The number of aromatic carboxylic acids is 2. The second-order valence-corrected chi connectivity index (χ2v) is 10.3. The number of nitro groups is 2. The van der Waals surface area contributed by atoms with Crippen LogP contribution in [0, 0.1) is 20.2 Å². The smallest absolute Gasteiger partial charge is 0.336 e. The Morgan fingerprint density at radius 2 is 1.03 bits per heavy atom. The average molecular weight is 529 g/mol. The molecule has 0 saturated heterocycles. The Morgan fingerprint density at radius 3 is 1.33 bits per heavy atom. The van der Waals surface area contributed by atoms with Crippen molar-refractivity contribution in [2.24, 2.45) is 0 Å². The highest BCUT2D eigenvalue weighted by Crippen LogP contribution is 2.48. The number of nitro benzene ring substituents is 2. The summed E-state index contributed by atoms with van der Waals surface area (Å²) in [5.41, 5.74) is -0.255. The quantitative estimate of drug-likeness (QED) is 0.166. The molecule has 0 aliphatic rings. The normalized spacial score (nSPS) is 12.5. The zero-order valence-corrected chi connectivity index (χ0v) is 20.6. The van der Waals surface area contributed by atoms with Crippen LogP contribution >= 0.6 is 23.5 Å². The van der Waals surface area contributed by atoms with Crippen LogP contribution in [0.25, 0.3) is 0 Å². The maximum Gasteiger partial charge on any atom is 0.336 e. The lowest BCUT2D eigenvalue weighted by molar-refractivity contribution is -0.387. The fourth-order valence-electron chi connectivity index (χ4n) is 3.80. The molecule has 0 radical (unpaired) electrons. The van der Waals surface area contributed by atoms with Crippen molar-refractivity contribution in [1.82, 2.24) is 0 Å². The summed E-state index contributed by atoms with van der Waals surface area (Å²) in [6, 6.07) is 14.4. The standard InChI is InChI=1S/C24H20N2O8S2/c1-13(35-19-9-5-3-7-17(19)25(31)32)21-15(23(27)28)11-12-16(24(29)30)22(21)14(2)36-20-10-6-4-8-18(20)26(33)34/h3-14H,1-2H3,(H,27,28)(H,29,30). The van der Waals surface area contributed by atoms with Gasteiger partial charge in [0.15, 0.2) is 0 Å². The van der Waals surface area contributed by atoms with Crippen LogP contribution in [0.3, 0.4) is 0 Å². The summed E-state index contributed by atoms with van der Waals surface area (Å²) < 4.78 is 0. The van der Waals surface area contributed by atoms with Crippen molar-refractivity contribution in [3.8, 4) is 0 Å². The molecule has 3 aromatic carbocycles. The first-order valence-electron chi connectivity index (χ1n) is 10.5. The zero-order chi connectivity index (χ0) is 26.6. The van der Waals surface area contributed by atoms with E-state index in [0.717, 1.165) is 23.5 Å². The highest BCUT2D eigenvalue weighted by atomic mass is 32.2. The number of hydrogen-bond acceptors (Lipinski definition) is 8. The molecule has 2 atom stereocenters. The molecule has 12 heteroatoms. The monoisotopic (exact) mass is 528 g/mol. The third kappa shape index (κ3) is 5.66. The molecule has 3 rings (SSSR count). The third-order valence-corrected chi connectivity index (χ3v) is 7.67. The van der Waals surface area contributed by atoms with Crippen LogP contribution in [-0.2, 0) is 0 Å². The van der Waals surface area contributed by atoms with Gasteiger partial charge in [0.1, 0.15) is 0 Å². The first kappa shape index (κ1) is 26.7. The Labute approximate surface area is 213 Å². The first-order valence-corrected chi connectivity index (χ1v) is 12.2. The van der Waals surface area contributed by atoms with Crippen molar-refractivity contribution in [3.63, 3.8) is 0 Å². The Kier molecular flexibility index (Phi) is 8.33. The maximum absolute atomic E-state index is 12.2. The highest BCUT2D eigenvalue weighted by molar-refractivity contribution is 8.00. The Balaban J connectivity index is 2.18. The number of thioether (sulfide) groups is 2. The van der Waals surface area contributed by atoms with Gasteiger partial charge in [-0.3, -0.25) is 20.2 Å². The van der Waals surface area contributed by atoms with E-state index in [1.165, 1.54) is 48.5 Å². The highest BCUT2D eigenvalue weighted by Gasteiger charge is 2.30. The maximum atomic E-state index is 12.2. The zero-order valence-electron chi connectivity index (χ0n) is 19.0. The number of carboxylic acid groups (broad SMARTS) is 2. The third-order valence-electron chi connectivity index (χ3n) is 5.29. The van der Waals surface area contributed by atoms with Gasteiger partial charge in [-0.05, 0) is 49.2 Å². The predicted octanol–water partition coefficient (Wildman–Crippen LogP) is 6.61. The van der Waals surface area contributed by atoms with E-state index in [9.17, 15) is 40.0 Å². The van der Waals surface area contributed by atoms with Crippen molar-refractivity contribution in [3.05, 3.63) is 103 Å². The van der Waals surface area contributed by atoms with Crippen molar-refractivity contribution in [1.29, 1.82) is 0 Å². The molecule has 36 heavy (non-hydrogen) atoms. The van der Waals surface area contributed by atoms with Crippen molar-refractivity contribution in [2.45, 2.75) is 34.1 Å². The lowest BCUT2D eigenvalue weighted by Gasteiger charge is -2.24. The summed E-state index contributed by atoms with van der Waals surface area (Å²) in [4.78, 5) is 46.8. The second kappa shape index (κ2) is 11.2. The van der Waals surface area contributed by atoms with Gasteiger partial charge in [-0.25, -0.2) is 9.59 Å². The second-order valence-electron chi connectivity index (χ2n) is 7.57. The van der Waals surface area contributed by atoms with Gasteiger partial charge >= 0.3 is 11.9 Å². The minimum Gasteiger partial charge on any atom is -0.478 e. The van der Waals surface area contributed by atoms with Crippen LogP contribution in [0.1, 0.15) is 56.2 Å². The van der Waals surface area contributed by atoms with E-state index in [-0.39, 0.29) is 43.4 Å². The molecule has 0 bridgehead atoms. The average Bonchev–Trinajstić information content (AvgIpc) is 2.83. The van der Waals surface area contributed by atoms with Crippen LogP contribution in [0.4, 0.5) is 11.4 Å². The summed E-state index contributed by atoms with van der Waals surface area (Å²) >= 11 is 2.07. The molecule has 0 fully saturated rings. The number of para-hydroxylation sites is 2. The molecule has 0 aliphatic carbocycles.